The number of hydrogen-bond acceptors (Lipinski definition) is 3. The standard InChI is InChI=1S/C18H21NO2/c1-12-6-4-7-15(13(12)2)16-8-5-9-17-18(16)21-14(10-19-3)11-20-17/h4-9,14,19H,10-11H2,1-3H3. The Bertz CT molecular complexity index is 652. The summed E-state index contributed by atoms with van der Waals surface area (Å²) in [5.41, 5.74) is 4.88. The maximum Gasteiger partial charge on any atom is 0.169 e. The van der Waals surface area contributed by atoms with E-state index in [1.54, 1.807) is 0 Å². The molecule has 0 saturated carbocycles. The molecule has 0 aliphatic carbocycles. The van der Waals surface area contributed by atoms with Crippen molar-refractivity contribution in [1.82, 2.24) is 5.32 Å². The lowest BCUT2D eigenvalue weighted by atomic mass is 9.96. The predicted molar refractivity (Wildman–Crippen MR) is 85.2 cm³/mol. The van der Waals surface area contributed by atoms with Crippen LogP contribution >= 0.6 is 0 Å². The summed E-state index contributed by atoms with van der Waals surface area (Å²) in [6.07, 6.45) is 0.0498. The molecular weight excluding hydrogens is 262 g/mol. The summed E-state index contributed by atoms with van der Waals surface area (Å²) in [6, 6.07) is 12.5. The molecule has 0 saturated heterocycles. The van der Waals surface area contributed by atoms with Crippen molar-refractivity contribution < 1.29 is 9.47 Å². The van der Waals surface area contributed by atoms with Gasteiger partial charge in [-0.15, -0.1) is 0 Å². The first-order valence-corrected chi connectivity index (χ1v) is 7.34. The maximum atomic E-state index is 6.17. The number of para-hydroxylation sites is 1. The first kappa shape index (κ1) is 14.0. The van der Waals surface area contributed by atoms with Crippen LogP contribution in [-0.4, -0.2) is 26.3 Å². The number of benzene rings is 2. The Morgan fingerprint density at radius 3 is 2.67 bits per heavy atom. The van der Waals surface area contributed by atoms with Gasteiger partial charge in [-0.25, -0.2) is 0 Å². The smallest absolute Gasteiger partial charge is 0.169 e. The topological polar surface area (TPSA) is 30.5 Å². The fourth-order valence-electron chi connectivity index (χ4n) is 2.72. The molecule has 1 aliphatic heterocycles. The minimum absolute atomic E-state index is 0.0498. The molecule has 1 N–H and O–H groups in total. The van der Waals surface area contributed by atoms with E-state index < -0.39 is 0 Å². The van der Waals surface area contributed by atoms with Gasteiger partial charge in [0, 0.05) is 12.1 Å². The first-order valence-electron chi connectivity index (χ1n) is 7.34. The lowest BCUT2D eigenvalue weighted by Crippen LogP contribution is -2.37. The minimum Gasteiger partial charge on any atom is -0.486 e. The van der Waals surface area contributed by atoms with Crippen LogP contribution in [0.4, 0.5) is 0 Å². The van der Waals surface area contributed by atoms with E-state index in [4.69, 9.17) is 9.47 Å². The van der Waals surface area contributed by atoms with Gasteiger partial charge in [0.25, 0.3) is 0 Å². The van der Waals surface area contributed by atoms with Gasteiger partial charge in [-0.1, -0.05) is 30.3 Å². The monoisotopic (exact) mass is 283 g/mol. The van der Waals surface area contributed by atoms with Crippen molar-refractivity contribution in [2.45, 2.75) is 20.0 Å². The van der Waals surface area contributed by atoms with Crippen LogP contribution in [0.3, 0.4) is 0 Å². The van der Waals surface area contributed by atoms with Gasteiger partial charge in [0.1, 0.15) is 12.7 Å². The van der Waals surface area contributed by atoms with Crippen LogP contribution in [0.1, 0.15) is 11.1 Å². The Morgan fingerprint density at radius 1 is 1.10 bits per heavy atom. The number of fused-ring (bicyclic) bond motifs is 1. The van der Waals surface area contributed by atoms with Gasteiger partial charge in [0.05, 0.1) is 0 Å². The molecule has 0 fully saturated rings. The molecule has 1 heterocycles. The molecule has 0 bridgehead atoms. The van der Waals surface area contributed by atoms with E-state index in [1.807, 2.05) is 19.2 Å². The summed E-state index contributed by atoms with van der Waals surface area (Å²) in [5.74, 6) is 1.69. The van der Waals surface area contributed by atoms with Crippen LogP contribution in [0.15, 0.2) is 36.4 Å². The minimum atomic E-state index is 0.0498. The molecule has 1 atom stereocenters. The predicted octanol–water partition coefficient (Wildman–Crippen LogP) is 3.33. The van der Waals surface area contributed by atoms with Crippen LogP contribution in [0, 0.1) is 13.8 Å². The summed E-state index contributed by atoms with van der Waals surface area (Å²) in [6.45, 7) is 5.65. The van der Waals surface area contributed by atoms with Crippen molar-refractivity contribution in [3.05, 3.63) is 47.5 Å². The summed E-state index contributed by atoms with van der Waals surface area (Å²) in [5, 5.41) is 3.14. The van der Waals surface area contributed by atoms with Gasteiger partial charge in [0.2, 0.25) is 0 Å². The third kappa shape index (κ3) is 2.61. The lowest BCUT2D eigenvalue weighted by molar-refractivity contribution is 0.0926. The molecule has 2 aromatic carbocycles. The summed E-state index contributed by atoms with van der Waals surface area (Å²) >= 11 is 0. The number of hydrogen-bond donors (Lipinski definition) is 1. The largest absolute Gasteiger partial charge is 0.486 e. The number of rotatable bonds is 3. The van der Waals surface area contributed by atoms with E-state index >= 15 is 0 Å². The van der Waals surface area contributed by atoms with E-state index in [0.29, 0.717) is 6.61 Å². The van der Waals surface area contributed by atoms with Crippen molar-refractivity contribution in [2.24, 2.45) is 0 Å². The first-order chi connectivity index (χ1) is 10.2. The van der Waals surface area contributed by atoms with E-state index in [2.05, 4.69) is 43.4 Å². The Morgan fingerprint density at radius 2 is 1.86 bits per heavy atom. The number of ether oxygens (including phenoxy) is 2. The molecule has 0 amide bonds. The second kappa shape index (κ2) is 5.78. The molecule has 2 aromatic rings. The zero-order valence-electron chi connectivity index (χ0n) is 12.8. The molecule has 3 nitrogen and oxygen atoms in total. The zero-order chi connectivity index (χ0) is 14.8. The average molecular weight is 283 g/mol. The third-order valence-electron chi connectivity index (χ3n) is 4.01. The normalized spacial score (nSPS) is 16.8. The van der Waals surface area contributed by atoms with Crippen LogP contribution < -0.4 is 14.8 Å². The summed E-state index contributed by atoms with van der Waals surface area (Å²) in [4.78, 5) is 0. The summed E-state index contributed by atoms with van der Waals surface area (Å²) < 4.78 is 12.0. The van der Waals surface area contributed by atoms with Crippen molar-refractivity contribution in [3.63, 3.8) is 0 Å². The van der Waals surface area contributed by atoms with E-state index in [1.165, 1.54) is 16.7 Å². The van der Waals surface area contributed by atoms with Crippen molar-refractivity contribution >= 4 is 0 Å². The van der Waals surface area contributed by atoms with Gasteiger partial charge in [0.15, 0.2) is 11.5 Å². The average Bonchev–Trinajstić information content (AvgIpc) is 2.50. The second-order valence-corrected chi connectivity index (χ2v) is 5.49. The quantitative estimate of drug-likeness (QED) is 0.937. The van der Waals surface area contributed by atoms with Crippen molar-refractivity contribution in [1.29, 1.82) is 0 Å². The Balaban J connectivity index is 2.06. The lowest BCUT2D eigenvalue weighted by Gasteiger charge is -2.28. The molecule has 21 heavy (non-hydrogen) atoms. The fraction of sp³-hybridized carbons (Fsp3) is 0.333. The van der Waals surface area contributed by atoms with Gasteiger partial charge >= 0.3 is 0 Å². The number of nitrogens with one attached hydrogen (secondary N) is 1. The van der Waals surface area contributed by atoms with Gasteiger partial charge < -0.3 is 14.8 Å². The Labute approximate surface area is 125 Å². The Hall–Kier alpha value is -2.00. The molecule has 110 valence electrons. The number of likely N-dealkylation sites (N-methyl/N-ethyl adjacent to an activating group) is 1. The highest BCUT2D eigenvalue weighted by atomic mass is 16.6. The molecule has 3 rings (SSSR count). The molecule has 0 radical (unpaired) electrons. The highest BCUT2D eigenvalue weighted by Crippen LogP contribution is 2.42. The Kier molecular flexibility index (Phi) is 3.84. The highest BCUT2D eigenvalue weighted by molar-refractivity contribution is 5.77. The van der Waals surface area contributed by atoms with E-state index in [0.717, 1.165) is 23.6 Å². The van der Waals surface area contributed by atoms with Gasteiger partial charge in [-0.05, 0) is 43.7 Å². The molecular formula is C18H21NO2. The summed E-state index contributed by atoms with van der Waals surface area (Å²) in [7, 11) is 1.93. The molecule has 3 heteroatoms. The van der Waals surface area contributed by atoms with E-state index in [-0.39, 0.29) is 6.10 Å². The van der Waals surface area contributed by atoms with Crippen molar-refractivity contribution in [3.8, 4) is 22.6 Å². The van der Waals surface area contributed by atoms with Crippen molar-refractivity contribution in [2.75, 3.05) is 20.2 Å². The van der Waals surface area contributed by atoms with E-state index in [9.17, 15) is 0 Å². The van der Waals surface area contributed by atoms with Crippen LogP contribution in [-0.2, 0) is 0 Å². The molecule has 0 aromatic heterocycles. The van der Waals surface area contributed by atoms with Crippen LogP contribution in [0.5, 0.6) is 11.5 Å². The molecule has 1 aliphatic rings. The molecule has 1 unspecified atom stereocenters. The van der Waals surface area contributed by atoms with Crippen LogP contribution in [0.2, 0.25) is 0 Å². The fourth-order valence-corrected chi connectivity index (χ4v) is 2.72. The maximum absolute atomic E-state index is 6.17. The third-order valence-corrected chi connectivity index (χ3v) is 4.01. The highest BCUT2D eigenvalue weighted by Gasteiger charge is 2.24. The second-order valence-electron chi connectivity index (χ2n) is 5.49. The van der Waals surface area contributed by atoms with Gasteiger partial charge in [-0.3, -0.25) is 0 Å². The van der Waals surface area contributed by atoms with Gasteiger partial charge in [-0.2, -0.15) is 0 Å². The molecule has 0 spiro atoms. The SMILES string of the molecule is CNCC1COc2cccc(-c3cccc(C)c3C)c2O1. The van der Waals surface area contributed by atoms with Crippen LogP contribution in [0.25, 0.3) is 11.1 Å². The zero-order valence-corrected chi connectivity index (χ0v) is 12.8. The number of aryl methyl sites for hydroxylation is 1.